The topological polar surface area (TPSA) is 93.9 Å². The van der Waals surface area contributed by atoms with E-state index < -0.39 is 5.97 Å². The summed E-state index contributed by atoms with van der Waals surface area (Å²) in [5.74, 6) is 0.315. The molecule has 2 aromatic heterocycles. The second kappa shape index (κ2) is 6.74. The fourth-order valence-corrected chi connectivity index (χ4v) is 2.16. The summed E-state index contributed by atoms with van der Waals surface area (Å²) in [6.45, 7) is 1.84. The van der Waals surface area contributed by atoms with Crippen molar-refractivity contribution in [1.82, 2.24) is 20.3 Å². The number of hydrogen-bond acceptors (Lipinski definition) is 6. The second-order valence-corrected chi connectivity index (χ2v) is 5.62. The van der Waals surface area contributed by atoms with Gasteiger partial charge >= 0.3 is 5.97 Å². The summed E-state index contributed by atoms with van der Waals surface area (Å²) < 4.78 is 11.1. The van der Waals surface area contributed by atoms with Crippen LogP contribution in [-0.2, 0) is 17.8 Å². The number of halogens is 1. The molecule has 23 heavy (non-hydrogen) atoms. The van der Waals surface area contributed by atoms with Crippen LogP contribution in [0.25, 0.3) is 11.3 Å². The molecule has 3 aromatic rings. The van der Waals surface area contributed by atoms with Gasteiger partial charge in [-0.2, -0.15) is 10.1 Å². The molecule has 7 nitrogen and oxygen atoms in total. The molecule has 118 valence electrons. The van der Waals surface area contributed by atoms with Gasteiger partial charge in [-0.25, -0.2) is 4.79 Å². The van der Waals surface area contributed by atoms with E-state index in [0.29, 0.717) is 17.9 Å². The number of carbonyl (C=O) groups excluding carboxylic acids is 1. The third-order valence-corrected chi connectivity index (χ3v) is 3.62. The lowest BCUT2D eigenvalue weighted by molar-refractivity contribution is 0.0423. The molecule has 1 aromatic carbocycles. The standard InChI is InChI=1S/C15H13BrN4O3/c1-2-13-17-14(23-20-13)8-22-15(21)12-7-11(18-19-12)9-3-5-10(16)6-4-9/h3-7H,2,8H2,1H3,(H,18,19). The average Bonchev–Trinajstić information content (AvgIpc) is 3.22. The molecule has 0 amide bonds. The number of H-pyrrole nitrogens is 1. The molecule has 3 rings (SSSR count). The molecular weight excluding hydrogens is 364 g/mol. The lowest BCUT2D eigenvalue weighted by atomic mass is 10.1. The van der Waals surface area contributed by atoms with Crippen LogP contribution < -0.4 is 0 Å². The van der Waals surface area contributed by atoms with Crippen molar-refractivity contribution in [2.45, 2.75) is 20.0 Å². The zero-order valence-corrected chi connectivity index (χ0v) is 13.8. The largest absolute Gasteiger partial charge is 0.451 e. The first-order chi connectivity index (χ1) is 11.2. The number of nitrogens with one attached hydrogen (secondary N) is 1. The number of benzene rings is 1. The van der Waals surface area contributed by atoms with E-state index >= 15 is 0 Å². The molecule has 1 N–H and O–H groups in total. The van der Waals surface area contributed by atoms with Crippen molar-refractivity contribution >= 4 is 21.9 Å². The predicted octanol–water partition coefficient (Wildman–Crippen LogP) is 3.14. The number of nitrogens with zero attached hydrogens (tertiary/aromatic N) is 3. The Morgan fingerprint density at radius 2 is 2.13 bits per heavy atom. The van der Waals surface area contributed by atoms with Gasteiger partial charge in [0, 0.05) is 16.5 Å². The maximum Gasteiger partial charge on any atom is 0.356 e. The first-order valence-electron chi connectivity index (χ1n) is 6.95. The van der Waals surface area contributed by atoms with Gasteiger partial charge in [0.2, 0.25) is 0 Å². The fourth-order valence-electron chi connectivity index (χ4n) is 1.89. The lowest BCUT2D eigenvalue weighted by Crippen LogP contribution is -2.06. The lowest BCUT2D eigenvalue weighted by Gasteiger charge is -1.98. The van der Waals surface area contributed by atoms with Crippen LogP contribution in [0.1, 0.15) is 29.1 Å². The second-order valence-electron chi connectivity index (χ2n) is 4.71. The Labute approximate surface area is 140 Å². The third kappa shape index (κ3) is 3.65. The molecule has 0 spiro atoms. The number of ether oxygens (including phenoxy) is 1. The molecule has 0 saturated heterocycles. The first-order valence-corrected chi connectivity index (χ1v) is 7.75. The highest BCUT2D eigenvalue weighted by Gasteiger charge is 2.14. The Morgan fingerprint density at radius 1 is 1.35 bits per heavy atom. The minimum Gasteiger partial charge on any atom is -0.451 e. The van der Waals surface area contributed by atoms with E-state index in [-0.39, 0.29) is 18.2 Å². The SMILES string of the molecule is CCc1noc(COC(=O)c2cc(-c3ccc(Br)cc3)n[nH]2)n1. The summed E-state index contributed by atoms with van der Waals surface area (Å²) in [5.41, 5.74) is 1.82. The Hall–Kier alpha value is -2.48. The van der Waals surface area contributed by atoms with Gasteiger partial charge in [0.1, 0.15) is 5.69 Å². The zero-order valence-electron chi connectivity index (χ0n) is 12.2. The Kier molecular flexibility index (Phi) is 4.52. The molecule has 0 atom stereocenters. The minimum atomic E-state index is -0.530. The van der Waals surface area contributed by atoms with Crippen LogP contribution in [-0.4, -0.2) is 26.3 Å². The van der Waals surface area contributed by atoms with Crippen molar-refractivity contribution in [3.8, 4) is 11.3 Å². The summed E-state index contributed by atoms with van der Waals surface area (Å²) in [7, 11) is 0. The van der Waals surface area contributed by atoms with Gasteiger partial charge in [0.05, 0.1) is 5.69 Å². The third-order valence-electron chi connectivity index (χ3n) is 3.09. The molecular formula is C15H13BrN4O3. The van der Waals surface area contributed by atoms with Gasteiger partial charge < -0.3 is 9.26 Å². The number of rotatable bonds is 5. The van der Waals surface area contributed by atoms with Crippen molar-refractivity contribution in [3.05, 3.63) is 52.2 Å². The van der Waals surface area contributed by atoms with E-state index in [1.54, 1.807) is 6.07 Å². The van der Waals surface area contributed by atoms with Crippen molar-refractivity contribution in [2.24, 2.45) is 0 Å². The van der Waals surface area contributed by atoms with Crippen LogP contribution in [0.4, 0.5) is 0 Å². The van der Waals surface area contributed by atoms with Crippen molar-refractivity contribution in [1.29, 1.82) is 0 Å². The highest BCUT2D eigenvalue weighted by atomic mass is 79.9. The van der Waals surface area contributed by atoms with Crippen LogP contribution in [0.5, 0.6) is 0 Å². The molecule has 0 aliphatic heterocycles. The molecule has 0 unspecified atom stereocenters. The summed E-state index contributed by atoms with van der Waals surface area (Å²) in [6, 6.07) is 9.25. The van der Waals surface area contributed by atoms with E-state index in [2.05, 4.69) is 36.3 Å². The molecule has 0 radical (unpaired) electrons. The Morgan fingerprint density at radius 3 is 2.83 bits per heavy atom. The number of carbonyl (C=O) groups is 1. The number of aromatic amines is 1. The van der Waals surface area contributed by atoms with Gasteiger partial charge in [0.15, 0.2) is 12.4 Å². The summed E-state index contributed by atoms with van der Waals surface area (Å²) >= 11 is 3.37. The zero-order chi connectivity index (χ0) is 16.2. The van der Waals surface area contributed by atoms with Crippen molar-refractivity contribution in [2.75, 3.05) is 0 Å². The van der Waals surface area contributed by atoms with E-state index in [0.717, 1.165) is 10.0 Å². The fraction of sp³-hybridized carbons (Fsp3) is 0.200. The molecule has 2 heterocycles. The van der Waals surface area contributed by atoms with Gasteiger partial charge in [-0.1, -0.05) is 40.1 Å². The number of hydrogen-bond donors (Lipinski definition) is 1. The molecule has 0 bridgehead atoms. The van der Waals surface area contributed by atoms with Gasteiger partial charge in [-0.05, 0) is 18.2 Å². The Bertz CT molecular complexity index is 810. The summed E-state index contributed by atoms with van der Waals surface area (Å²) in [4.78, 5) is 16.1. The summed E-state index contributed by atoms with van der Waals surface area (Å²) in [5, 5.41) is 10.5. The van der Waals surface area contributed by atoms with Crippen molar-refractivity contribution < 1.29 is 14.1 Å². The van der Waals surface area contributed by atoms with Crippen LogP contribution in [0.2, 0.25) is 0 Å². The normalized spacial score (nSPS) is 10.7. The van der Waals surface area contributed by atoms with E-state index in [4.69, 9.17) is 9.26 Å². The average molecular weight is 377 g/mol. The number of aryl methyl sites for hydroxylation is 1. The van der Waals surface area contributed by atoms with Crippen LogP contribution in [0.15, 0.2) is 39.3 Å². The quantitative estimate of drug-likeness (QED) is 0.687. The summed E-state index contributed by atoms with van der Waals surface area (Å²) in [6.07, 6.45) is 0.661. The molecule has 0 saturated carbocycles. The number of esters is 1. The minimum absolute atomic E-state index is 0.0710. The molecule has 0 aliphatic carbocycles. The van der Waals surface area contributed by atoms with Crippen LogP contribution in [0.3, 0.4) is 0 Å². The maximum atomic E-state index is 12.0. The highest BCUT2D eigenvalue weighted by Crippen LogP contribution is 2.20. The number of aromatic nitrogens is 4. The maximum absolute atomic E-state index is 12.0. The molecule has 0 aliphatic rings. The molecule has 8 heteroatoms. The molecule has 0 fully saturated rings. The van der Waals surface area contributed by atoms with Crippen LogP contribution >= 0.6 is 15.9 Å². The van der Waals surface area contributed by atoms with Gasteiger partial charge in [-0.3, -0.25) is 5.10 Å². The van der Waals surface area contributed by atoms with E-state index in [9.17, 15) is 4.79 Å². The first kappa shape index (κ1) is 15.4. The predicted molar refractivity (Wildman–Crippen MR) is 84.5 cm³/mol. The monoisotopic (exact) mass is 376 g/mol. The highest BCUT2D eigenvalue weighted by molar-refractivity contribution is 9.10. The smallest absolute Gasteiger partial charge is 0.356 e. The Balaban J connectivity index is 1.65. The van der Waals surface area contributed by atoms with Gasteiger partial charge in [-0.15, -0.1) is 0 Å². The van der Waals surface area contributed by atoms with Crippen LogP contribution in [0, 0.1) is 0 Å². The van der Waals surface area contributed by atoms with Gasteiger partial charge in [0.25, 0.3) is 5.89 Å². The van der Waals surface area contributed by atoms with Crippen molar-refractivity contribution in [3.63, 3.8) is 0 Å². The van der Waals surface area contributed by atoms with E-state index in [1.165, 1.54) is 0 Å². The van der Waals surface area contributed by atoms with E-state index in [1.807, 2.05) is 31.2 Å².